The van der Waals surface area contributed by atoms with Gasteiger partial charge in [0.2, 0.25) is 0 Å². The predicted octanol–water partition coefficient (Wildman–Crippen LogP) is 8.41. The van der Waals surface area contributed by atoms with E-state index in [1.807, 2.05) is 0 Å². The highest BCUT2D eigenvalue weighted by molar-refractivity contribution is 9.09. The molecule has 0 amide bonds. The van der Waals surface area contributed by atoms with Crippen LogP contribution in [0.15, 0.2) is 0 Å². The van der Waals surface area contributed by atoms with Crippen molar-refractivity contribution in [3.63, 3.8) is 0 Å². The van der Waals surface area contributed by atoms with Crippen LogP contribution in [0.5, 0.6) is 0 Å². The summed E-state index contributed by atoms with van der Waals surface area (Å²) < 4.78 is 5.76. The Hall–Kier alpha value is -0.0500. The van der Waals surface area contributed by atoms with E-state index < -0.39 is 0 Å². The second-order valence-electron chi connectivity index (χ2n) is 13.2. The molecule has 0 heterocycles. The van der Waals surface area contributed by atoms with Gasteiger partial charge in [-0.3, -0.25) is 4.79 Å². The smallest absolute Gasteiger partial charge is 0.316 e. The maximum absolute atomic E-state index is 11.8. The molecule has 32 heavy (non-hydrogen) atoms. The maximum atomic E-state index is 11.8. The molecule has 0 spiro atoms. The van der Waals surface area contributed by atoms with E-state index in [1.165, 1.54) is 64.2 Å². The average Bonchev–Trinajstić information content (AvgIpc) is 3.11. The van der Waals surface area contributed by atoms with E-state index in [4.69, 9.17) is 4.74 Å². The summed E-state index contributed by atoms with van der Waals surface area (Å²) in [6, 6.07) is 0. The molecule has 4 aliphatic carbocycles. The van der Waals surface area contributed by atoms with Crippen LogP contribution in [0.4, 0.5) is 0 Å². The number of fused-ring (bicyclic) bond motifs is 5. The Morgan fingerprint density at radius 1 is 0.938 bits per heavy atom. The third-order valence-electron chi connectivity index (χ3n) is 11.2. The van der Waals surface area contributed by atoms with Crippen molar-refractivity contribution in [2.24, 2.45) is 52.3 Å². The van der Waals surface area contributed by atoms with Crippen molar-refractivity contribution in [2.75, 3.05) is 5.33 Å². The van der Waals surface area contributed by atoms with Crippen molar-refractivity contribution in [3.05, 3.63) is 0 Å². The third kappa shape index (κ3) is 4.59. The number of ether oxygens (including phenoxy) is 1. The van der Waals surface area contributed by atoms with Crippen LogP contribution in [0.1, 0.15) is 112 Å². The molecule has 4 fully saturated rings. The fourth-order valence-electron chi connectivity index (χ4n) is 9.57. The van der Waals surface area contributed by atoms with Crippen LogP contribution < -0.4 is 0 Å². The van der Waals surface area contributed by atoms with Crippen LogP contribution in [-0.2, 0) is 9.53 Å². The van der Waals surface area contributed by atoms with E-state index in [2.05, 4.69) is 50.5 Å². The topological polar surface area (TPSA) is 26.3 Å². The molecule has 0 aromatic carbocycles. The van der Waals surface area contributed by atoms with Crippen LogP contribution >= 0.6 is 15.9 Å². The minimum absolute atomic E-state index is 0.0831. The molecule has 3 heteroatoms. The lowest BCUT2D eigenvalue weighted by atomic mass is 9.44. The fraction of sp³-hybridized carbons (Fsp3) is 0.966. The van der Waals surface area contributed by atoms with Crippen molar-refractivity contribution in [3.8, 4) is 0 Å². The summed E-state index contributed by atoms with van der Waals surface area (Å²) in [4.78, 5) is 11.8. The molecule has 9 atom stereocenters. The summed E-state index contributed by atoms with van der Waals surface area (Å²) in [5.74, 6) is 6.17. The van der Waals surface area contributed by atoms with Gasteiger partial charge in [-0.1, -0.05) is 69.8 Å². The third-order valence-corrected chi connectivity index (χ3v) is 11.7. The summed E-state index contributed by atoms with van der Waals surface area (Å²) in [5, 5.41) is 0.327. The number of hydrogen-bond donors (Lipinski definition) is 0. The molecular weight excluding hydrogens is 460 g/mol. The van der Waals surface area contributed by atoms with Crippen molar-refractivity contribution < 1.29 is 9.53 Å². The molecule has 0 aromatic heterocycles. The van der Waals surface area contributed by atoms with Gasteiger partial charge in [0.25, 0.3) is 0 Å². The van der Waals surface area contributed by atoms with Gasteiger partial charge >= 0.3 is 5.97 Å². The summed E-state index contributed by atoms with van der Waals surface area (Å²) in [6.45, 7) is 12.7. The standard InChI is InChI=1S/C29H49BrO2/c1-19(2)7-6-8-20(3)24-11-12-25-23-10-9-21-17-22(32-27(31)18-30)13-15-28(21,4)26(23)14-16-29(24,25)5/h19-26H,6-18H2,1-5H3/t20-,21+,22+,23+,24-,25+,26+,28+,29-/m1/s1. The molecule has 0 saturated heterocycles. The molecule has 4 rings (SSSR count). The van der Waals surface area contributed by atoms with Crippen molar-refractivity contribution >= 4 is 21.9 Å². The van der Waals surface area contributed by atoms with Gasteiger partial charge in [0.05, 0.1) is 0 Å². The van der Waals surface area contributed by atoms with E-state index in [0.29, 0.717) is 16.2 Å². The number of rotatable bonds is 7. The number of carbonyl (C=O) groups is 1. The van der Waals surface area contributed by atoms with E-state index in [9.17, 15) is 4.79 Å². The van der Waals surface area contributed by atoms with E-state index in [-0.39, 0.29) is 12.1 Å². The lowest BCUT2D eigenvalue weighted by Crippen LogP contribution is -2.54. The minimum atomic E-state index is -0.0831. The highest BCUT2D eigenvalue weighted by atomic mass is 79.9. The van der Waals surface area contributed by atoms with Gasteiger partial charge in [-0.15, -0.1) is 0 Å². The Bertz CT molecular complexity index is 662. The average molecular weight is 510 g/mol. The Kier molecular flexibility index (Phi) is 7.75. The zero-order chi connectivity index (χ0) is 23.1. The highest BCUT2D eigenvalue weighted by Crippen LogP contribution is 2.68. The fourth-order valence-corrected chi connectivity index (χ4v) is 9.70. The molecule has 0 radical (unpaired) electrons. The Labute approximate surface area is 206 Å². The van der Waals surface area contributed by atoms with Gasteiger partial charge in [0.15, 0.2) is 0 Å². The molecule has 2 nitrogen and oxygen atoms in total. The van der Waals surface area contributed by atoms with E-state index >= 15 is 0 Å². The van der Waals surface area contributed by atoms with Gasteiger partial charge in [-0.25, -0.2) is 0 Å². The van der Waals surface area contributed by atoms with Crippen molar-refractivity contribution in [1.82, 2.24) is 0 Å². The first-order chi connectivity index (χ1) is 15.2. The van der Waals surface area contributed by atoms with Gasteiger partial charge in [-0.2, -0.15) is 0 Å². The lowest BCUT2D eigenvalue weighted by molar-refractivity contribution is -0.160. The van der Waals surface area contributed by atoms with Crippen LogP contribution in [0.2, 0.25) is 0 Å². The summed E-state index contributed by atoms with van der Waals surface area (Å²) in [6.07, 6.45) is 16.5. The quantitative estimate of drug-likeness (QED) is 0.254. The molecule has 4 aliphatic rings. The number of alkyl halides is 1. The molecule has 0 N–H and O–H groups in total. The first-order valence-electron chi connectivity index (χ1n) is 13.9. The van der Waals surface area contributed by atoms with Gasteiger partial charge in [0.1, 0.15) is 11.4 Å². The zero-order valence-corrected chi connectivity index (χ0v) is 23.1. The van der Waals surface area contributed by atoms with Crippen molar-refractivity contribution in [1.29, 1.82) is 0 Å². The normalized spacial score (nSPS) is 44.5. The second-order valence-corrected chi connectivity index (χ2v) is 13.8. The number of hydrogen-bond acceptors (Lipinski definition) is 2. The van der Waals surface area contributed by atoms with Crippen molar-refractivity contribution in [2.45, 2.75) is 118 Å². The summed E-state index contributed by atoms with van der Waals surface area (Å²) in [5.41, 5.74) is 1.06. The first kappa shape index (κ1) is 25.1. The van der Waals surface area contributed by atoms with Gasteiger partial charge in [0, 0.05) is 0 Å². The summed E-state index contributed by atoms with van der Waals surface area (Å²) in [7, 11) is 0. The molecular formula is C29H49BrO2. The first-order valence-corrected chi connectivity index (χ1v) is 15.1. The molecule has 0 bridgehead atoms. The van der Waals surface area contributed by atoms with E-state index in [0.717, 1.165) is 54.3 Å². The maximum Gasteiger partial charge on any atom is 0.316 e. The van der Waals surface area contributed by atoms with Crippen LogP contribution in [-0.4, -0.2) is 17.4 Å². The molecule has 0 aliphatic heterocycles. The van der Waals surface area contributed by atoms with Crippen LogP contribution in [0.3, 0.4) is 0 Å². The van der Waals surface area contributed by atoms with Gasteiger partial charge in [-0.05, 0) is 110 Å². The monoisotopic (exact) mass is 508 g/mol. The Balaban J connectivity index is 1.42. The predicted molar refractivity (Wildman–Crippen MR) is 137 cm³/mol. The zero-order valence-electron chi connectivity index (χ0n) is 21.5. The number of halogens is 1. The number of esters is 1. The molecule has 0 aromatic rings. The SMILES string of the molecule is CC(C)CCC[C@@H](C)[C@H]1CC[C@H]2[C@@H]3CC[C@H]4C[C@@H](OC(=O)CBr)CC[C@]4(C)[C@H]3CC[C@]12C. The molecule has 0 unspecified atom stereocenters. The molecule has 4 saturated carbocycles. The highest BCUT2D eigenvalue weighted by Gasteiger charge is 2.60. The lowest BCUT2D eigenvalue weighted by Gasteiger charge is -2.61. The molecule has 184 valence electrons. The van der Waals surface area contributed by atoms with E-state index in [1.54, 1.807) is 0 Å². The summed E-state index contributed by atoms with van der Waals surface area (Å²) >= 11 is 3.26. The number of carbonyl (C=O) groups excluding carboxylic acids is 1. The van der Waals surface area contributed by atoms with Crippen LogP contribution in [0.25, 0.3) is 0 Å². The second kappa shape index (κ2) is 9.90. The van der Waals surface area contributed by atoms with Gasteiger partial charge < -0.3 is 4.74 Å². The Morgan fingerprint density at radius 3 is 2.38 bits per heavy atom. The van der Waals surface area contributed by atoms with Crippen LogP contribution in [0, 0.1) is 52.3 Å². The minimum Gasteiger partial charge on any atom is -0.462 e. The largest absolute Gasteiger partial charge is 0.462 e. The Morgan fingerprint density at radius 2 is 1.66 bits per heavy atom.